The summed E-state index contributed by atoms with van der Waals surface area (Å²) in [5, 5.41) is 17.3. The van der Waals surface area contributed by atoms with E-state index in [4.69, 9.17) is 16.6 Å². The first-order valence-electron chi connectivity index (χ1n) is 15.8. The SMILES string of the molecule is CCc1c(N2CCN(C(=O)c3ncnc(C)c3O)CC2)c(=O)n2nc(C3=CC4CC4C3)nc2n1CC(=O)Nc1ccc(C(F)(F)F)cc1Cl. The number of fused-ring (bicyclic) bond motifs is 2. The highest BCUT2D eigenvalue weighted by Gasteiger charge is 2.42. The zero-order chi connectivity index (χ0) is 34.8. The normalized spacial score (nSPS) is 18.9. The predicted molar refractivity (Wildman–Crippen MR) is 172 cm³/mol. The largest absolute Gasteiger partial charge is 0.504 e. The quantitative estimate of drug-likeness (QED) is 0.293. The van der Waals surface area contributed by atoms with Gasteiger partial charge in [0.2, 0.25) is 11.7 Å². The Morgan fingerprint density at radius 1 is 1.14 bits per heavy atom. The Bertz CT molecular complexity index is 2100. The molecule has 2 fully saturated rings. The summed E-state index contributed by atoms with van der Waals surface area (Å²) in [6.07, 6.45) is 0.970. The van der Waals surface area contributed by atoms with E-state index in [-0.39, 0.29) is 66.3 Å². The van der Waals surface area contributed by atoms with E-state index in [0.29, 0.717) is 35.5 Å². The van der Waals surface area contributed by atoms with Gasteiger partial charge in [0.05, 0.1) is 27.7 Å². The molecule has 256 valence electrons. The fraction of sp³-hybridized carbons (Fsp3) is 0.406. The smallest absolute Gasteiger partial charge is 0.416 e. The minimum atomic E-state index is -4.60. The van der Waals surface area contributed by atoms with Crippen molar-refractivity contribution in [2.24, 2.45) is 11.8 Å². The highest BCUT2D eigenvalue weighted by molar-refractivity contribution is 6.33. The van der Waals surface area contributed by atoms with Gasteiger partial charge in [-0.1, -0.05) is 24.6 Å². The molecule has 2 unspecified atom stereocenters. The van der Waals surface area contributed by atoms with Crippen LogP contribution in [-0.2, 0) is 23.9 Å². The Kier molecular flexibility index (Phi) is 8.08. The summed E-state index contributed by atoms with van der Waals surface area (Å²) in [6.45, 7) is 4.01. The van der Waals surface area contributed by atoms with Gasteiger partial charge in [-0.15, -0.1) is 5.10 Å². The van der Waals surface area contributed by atoms with E-state index in [1.165, 1.54) is 15.7 Å². The Hall–Kier alpha value is -4.99. The van der Waals surface area contributed by atoms with Crippen LogP contribution in [0.25, 0.3) is 11.4 Å². The van der Waals surface area contributed by atoms with Crippen molar-refractivity contribution >= 4 is 46.1 Å². The van der Waals surface area contributed by atoms with E-state index >= 15 is 0 Å². The Morgan fingerprint density at radius 2 is 1.90 bits per heavy atom. The number of hydrogen-bond donors (Lipinski definition) is 2. The summed E-state index contributed by atoms with van der Waals surface area (Å²) in [7, 11) is 0. The number of aromatic hydroxyl groups is 1. The maximum absolute atomic E-state index is 14.2. The van der Waals surface area contributed by atoms with Crippen molar-refractivity contribution in [1.29, 1.82) is 0 Å². The lowest BCUT2D eigenvalue weighted by molar-refractivity contribution is -0.137. The van der Waals surface area contributed by atoms with Crippen LogP contribution >= 0.6 is 11.6 Å². The van der Waals surface area contributed by atoms with Gasteiger partial charge in [-0.3, -0.25) is 14.4 Å². The van der Waals surface area contributed by atoms with Gasteiger partial charge in [0, 0.05) is 26.2 Å². The molecule has 3 aromatic heterocycles. The number of carbonyl (C=O) groups is 2. The molecular formula is C32H31ClF3N9O4. The highest BCUT2D eigenvalue weighted by Crippen LogP contribution is 2.52. The first-order valence-corrected chi connectivity index (χ1v) is 16.2. The fourth-order valence-corrected chi connectivity index (χ4v) is 6.81. The average Bonchev–Trinajstić information content (AvgIpc) is 3.44. The molecule has 7 rings (SSSR count). The summed E-state index contributed by atoms with van der Waals surface area (Å²) in [4.78, 5) is 56.8. The molecule has 17 heteroatoms. The number of piperazine rings is 1. The van der Waals surface area contributed by atoms with E-state index in [1.807, 2.05) is 11.8 Å². The molecule has 4 heterocycles. The van der Waals surface area contributed by atoms with Crippen molar-refractivity contribution in [3.63, 3.8) is 0 Å². The zero-order valence-electron chi connectivity index (χ0n) is 26.5. The number of halogens is 4. The van der Waals surface area contributed by atoms with Gasteiger partial charge < -0.3 is 24.8 Å². The van der Waals surface area contributed by atoms with Gasteiger partial charge in [-0.2, -0.15) is 22.7 Å². The van der Waals surface area contributed by atoms with Crippen molar-refractivity contribution in [2.75, 3.05) is 36.4 Å². The number of nitrogens with zero attached hydrogens (tertiary/aromatic N) is 8. The number of anilines is 2. The van der Waals surface area contributed by atoms with Crippen molar-refractivity contribution in [2.45, 2.75) is 45.8 Å². The number of nitrogens with one attached hydrogen (secondary N) is 1. The molecule has 3 aliphatic rings. The van der Waals surface area contributed by atoms with Crippen LogP contribution in [0.1, 0.15) is 53.0 Å². The van der Waals surface area contributed by atoms with Crippen LogP contribution < -0.4 is 15.8 Å². The molecular weight excluding hydrogens is 667 g/mol. The number of aromatic nitrogens is 6. The van der Waals surface area contributed by atoms with E-state index in [9.17, 15) is 32.7 Å². The number of allylic oxidation sites excluding steroid dienone is 2. The third kappa shape index (κ3) is 5.98. The Morgan fingerprint density at radius 3 is 2.55 bits per heavy atom. The van der Waals surface area contributed by atoms with Gasteiger partial charge in [0.1, 0.15) is 18.6 Å². The second-order valence-corrected chi connectivity index (χ2v) is 12.8. The summed E-state index contributed by atoms with van der Waals surface area (Å²) in [5.74, 6) is 0.229. The van der Waals surface area contributed by atoms with E-state index in [2.05, 4.69) is 26.5 Å². The molecule has 2 amide bonds. The predicted octanol–water partition coefficient (Wildman–Crippen LogP) is 3.95. The topological polar surface area (TPSA) is 151 Å². The van der Waals surface area contributed by atoms with Crippen LogP contribution in [0.5, 0.6) is 5.75 Å². The average molecular weight is 698 g/mol. The maximum atomic E-state index is 14.2. The van der Waals surface area contributed by atoms with Crippen LogP contribution in [-0.4, -0.2) is 77.1 Å². The van der Waals surface area contributed by atoms with E-state index in [1.54, 1.807) is 11.5 Å². The van der Waals surface area contributed by atoms with Gasteiger partial charge in [-0.25, -0.2) is 9.97 Å². The zero-order valence-corrected chi connectivity index (χ0v) is 27.2. The second kappa shape index (κ2) is 12.2. The second-order valence-electron chi connectivity index (χ2n) is 12.4. The third-order valence-electron chi connectivity index (χ3n) is 9.29. The first-order chi connectivity index (χ1) is 23.3. The third-order valence-corrected chi connectivity index (χ3v) is 9.60. The molecule has 1 aromatic carbocycles. The molecule has 1 saturated carbocycles. The lowest BCUT2D eigenvalue weighted by Gasteiger charge is -2.36. The number of rotatable bonds is 7. The molecule has 49 heavy (non-hydrogen) atoms. The fourth-order valence-electron chi connectivity index (χ4n) is 6.58. The summed E-state index contributed by atoms with van der Waals surface area (Å²) in [6, 6.07) is 2.66. The van der Waals surface area contributed by atoms with E-state index < -0.39 is 29.1 Å². The standard InChI is InChI=1S/C32H31ClF3N9O4/c1-3-23-26(42-6-8-43(9-7-42)29(48)25-27(47)16(2)37-15-38-25)30(49)45-31(40-28(41-45)19-11-17-10-18(17)12-19)44(23)14-24(46)39-22-5-4-20(13-21(22)33)32(34,35)36/h4-5,11,13,15,17-18,47H,3,6-10,12,14H2,1-2H3,(H,39,46). The summed E-state index contributed by atoms with van der Waals surface area (Å²) in [5.41, 5.74) is 0.523. The number of aryl methyl sites for hydroxylation is 1. The number of hydrogen-bond acceptors (Lipinski definition) is 9. The lowest BCUT2D eigenvalue weighted by Crippen LogP contribution is -2.51. The molecule has 2 aliphatic carbocycles. The summed E-state index contributed by atoms with van der Waals surface area (Å²) < 4.78 is 42.3. The first kappa shape index (κ1) is 32.6. The lowest BCUT2D eigenvalue weighted by atomic mass is 10.2. The summed E-state index contributed by atoms with van der Waals surface area (Å²) >= 11 is 6.11. The van der Waals surface area contributed by atoms with Crippen molar-refractivity contribution in [3.8, 4) is 5.75 Å². The minimum absolute atomic E-state index is 0.00166. The van der Waals surface area contributed by atoms with Gasteiger partial charge in [0.25, 0.3) is 11.5 Å². The molecule has 2 atom stereocenters. The molecule has 1 saturated heterocycles. The number of carbonyl (C=O) groups excluding carboxylic acids is 2. The maximum Gasteiger partial charge on any atom is 0.416 e. The van der Waals surface area contributed by atoms with Gasteiger partial charge >= 0.3 is 6.18 Å². The van der Waals surface area contributed by atoms with Gasteiger partial charge in [0.15, 0.2) is 17.3 Å². The Labute approximate surface area is 282 Å². The molecule has 1 aliphatic heterocycles. The van der Waals surface area contributed by atoms with Crippen LogP contribution in [0, 0.1) is 18.8 Å². The minimum Gasteiger partial charge on any atom is -0.504 e. The molecule has 2 N–H and O–H groups in total. The van der Waals surface area contributed by atoms with Crippen molar-refractivity contribution in [3.05, 3.63) is 74.4 Å². The number of benzene rings is 1. The van der Waals surface area contributed by atoms with E-state index in [0.717, 1.165) is 36.6 Å². The number of amides is 2. The van der Waals surface area contributed by atoms with Crippen LogP contribution in [0.4, 0.5) is 24.5 Å². The molecule has 0 bridgehead atoms. The highest BCUT2D eigenvalue weighted by atomic mass is 35.5. The molecule has 4 aromatic rings. The monoisotopic (exact) mass is 697 g/mol. The Balaban J connectivity index is 1.22. The number of alkyl halides is 3. The van der Waals surface area contributed by atoms with Crippen molar-refractivity contribution < 1.29 is 27.9 Å². The van der Waals surface area contributed by atoms with Crippen molar-refractivity contribution in [1.82, 2.24) is 34.0 Å². The molecule has 0 radical (unpaired) electrons. The van der Waals surface area contributed by atoms with Crippen LogP contribution in [0.15, 0.2) is 35.4 Å². The van der Waals surface area contributed by atoms with Crippen LogP contribution in [0.2, 0.25) is 5.02 Å². The molecule has 13 nitrogen and oxygen atoms in total. The van der Waals surface area contributed by atoms with Gasteiger partial charge in [-0.05, 0) is 61.8 Å². The molecule has 0 spiro atoms. The van der Waals surface area contributed by atoms with Crippen LogP contribution in [0.3, 0.4) is 0 Å².